The Morgan fingerprint density at radius 3 is 2.79 bits per heavy atom. The minimum absolute atomic E-state index is 0.0780. The van der Waals surface area contributed by atoms with E-state index in [0.717, 1.165) is 35.9 Å². The Morgan fingerprint density at radius 2 is 2.10 bits per heavy atom. The van der Waals surface area contributed by atoms with Gasteiger partial charge in [-0.05, 0) is 18.2 Å². The van der Waals surface area contributed by atoms with Gasteiger partial charge in [-0.15, -0.1) is 0 Å². The molecule has 4 rings (SSSR count). The number of rotatable bonds is 4. The monoisotopic (exact) mass is 397 g/mol. The van der Waals surface area contributed by atoms with E-state index >= 15 is 0 Å². The fourth-order valence-corrected chi connectivity index (χ4v) is 3.00. The summed E-state index contributed by atoms with van der Waals surface area (Å²) in [6, 6.07) is 9.50. The van der Waals surface area contributed by atoms with E-state index < -0.39 is 5.97 Å². The molecule has 0 bridgehead atoms. The largest absolute Gasteiger partial charge is 0.481 e. The van der Waals surface area contributed by atoms with E-state index in [1.165, 1.54) is 0 Å². The molecule has 1 saturated heterocycles. The Balaban J connectivity index is 0.000000552. The molecule has 0 unspecified atom stereocenters. The minimum atomic E-state index is -0.833. The zero-order valence-electron chi connectivity index (χ0n) is 16.3. The van der Waals surface area contributed by atoms with Crippen LogP contribution in [0.3, 0.4) is 0 Å². The van der Waals surface area contributed by atoms with Crippen LogP contribution >= 0.6 is 0 Å². The molecule has 0 atom stereocenters. The number of anilines is 1. The molecule has 29 heavy (non-hydrogen) atoms. The van der Waals surface area contributed by atoms with E-state index in [9.17, 15) is 4.79 Å². The summed E-state index contributed by atoms with van der Waals surface area (Å²) >= 11 is 0. The summed E-state index contributed by atoms with van der Waals surface area (Å²) in [5.41, 5.74) is 2.54. The highest BCUT2D eigenvalue weighted by atomic mass is 16.5. The summed E-state index contributed by atoms with van der Waals surface area (Å²) in [6.07, 6.45) is 3.69. The zero-order valence-corrected chi connectivity index (χ0v) is 16.3. The highest BCUT2D eigenvalue weighted by Crippen LogP contribution is 2.29. The second kappa shape index (κ2) is 9.16. The molecule has 1 fully saturated rings. The number of hydrogen-bond acceptors (Lipinski definition) is 6. The van der Waals surface area contributed by atoms with Crippen molar-refractivity contribution >= 4 is 28.6 Å². The normalized spacial score (nSPS) is 13.7. The van der Waals surface area contributed by atoms with Gasteiger partial charge in [-0.1, -0.05) is 6.07 Å². The van der Waals surface area contributed by atoms with Crippen LogP contribution in [0, 0.1) is 0 Å². The standard InChI is InChI=1S/C18H19N5O2.C2H4O2/c1-22-11-15(23-9-8-19-10-17(23)24)14-5-6-16(21-18(14)22)25-12-13-4-2-3-7-20-13;1-2(3)4/h2-7,11,19H,8-10,12H2,1H3;1H3,(H,3,4). The van der Waals surface area contributed by atoms with Crippen molar-refractivity contribution in [1.82, 2.24) is 19.9 Å². The lowest BCUT2D eigenvalue weighted by atomic mass is 10.2. The molecule has 3 aromatic heterocycles. The van der Waals surface area contributed by atoms with Gasteiger partial charge in [0.05, 0.1) is 17.9 Å². The number of carboxylic acids is 1. The van der Waals surface area contributed by atoms with Crippen LogP contribution in [0.15, 0.2) is 42.7 Å². The van der Waals surface area contributed by atoms with E-state index in [2.05, 4.69) is 15.3 Å². The van der Waals surface area contributed by atoms with Gasteiger partial charge < -0.3 is 24.6 Å². The van der Waals surface area contributed by atoms with Gasteiger partial charge in [0.15, 0.2) is 0 Å². The summed E-state index contributed by atoms with van der Waals surface area (Å²) in [6.45, 7) is 3.28. The number of piperazine rings is 1. The van der Waals surface area contributed by atoms with Crippen molar-refractivity contribution in [2.45, 2.75) is 13.5 Å². The van der Waals surface area contributed by atoms with Crippen molar-refractivity contribution in [1.29, 1.82) is 0 Å². The van der Waals surface area contributed by atoms with Crippen molar-refractivity contribution in [3.8, 4) is 5.88 Å². The molecule has 0 radical (unpaired) electrons. The second-order valence-electron chi connectivity index (χ2n) is 6.50. The second-order valence-corrected chi connectivity index (χ2v) is 6.50. The summed E-state index contributed by atoms with van der Waals surface area (Å²) in [7, 11) is 1.92. The first kappa shape index (κ1) is 20.3. The Bertz CT molecular complexity index is 999. The quantitative estimate of drug-likeness (QED) is 0.688. The average Bonchev–Trinajstić information content (AvgIpc) is 3.03. The third-order valence-electron chi connectivity index (χ3n) is 4.25. The number of pyridine rings is 2. The number of fused-ring (bicyclic) bond motifs is 1. The molecule has 9 nitrogen and oxygen atoms in total. The number of nitrogens with one attached hydrogen (secondary N) is 1. The van der Waals surface area contributed by atoms with Crippen molar-refractivity contribution in [2.24, 2.45) is 7.05 Å². The molecule has 1 aliphatic heterocycles. The predicted molar refractivity (Wildman–Crippen MR) is 108 cm³/mol. The molecule has 0 aliphatic carbocycles. The van der Waals surface area contributed by atoms with E-state index in [1.807, 2.05) is 53.0 Å². The SMILES string of the molecule is CC(=O)O.Cn1cc(N2CCNCC2=O)c2ccc(OCc3ccccn3)nc21. The lowest BCUT2D eigenvalue weighted by Crippen LogP contribution is -2.48. The summed E-state index contributed by atoms with van der Waals surface area (Å²) < 4.78 is 7.68. The highest BCUT2D eigenvalue weighted by Gasteiger charge is 2.23. The molecule has 0 saturated carbocycles. The molecule has 1 amide bonds. The molecule has 2 N–H and O–H groups in total. The van der Waals surface area contributed by atoms with Crippen molar-refractivity contribution in [3.63, 3.8) is 0 Å². The Morgan fingerprint density at radius 1 is 1.31 bits per heavy atom. The molecule has 0 spiro atoms. The highest BCUT2D eigenvalue weighted by molar-refractivity contribution is 6.03. The van der Waals surface area contributed by atoms with Crippen LogP contribution in [0.2, 0.25) is 0 Å². The lowest BCUT2D eigenvalue weighted by molar-refractivity contribution is -0.134. The lowest BCUT2D eigenvalue weighted by Gasteiger charge is -2.26. The Labute approximate surface area is 167 Å². The first-order chi connectivity index (χ1) is 14.0. The van der Waals surface area contributed by atoms with Gasteiger partial charge in [-0.25, -0.2) is 0 Å². The molecule has 4 heterocycles. The number of amides is 1. The van der Waals surface area contributed by atoms with E-state index in [1.54, 1.807) is 6.20 Å². The van der Waals surface area contributed by atoms with Crippen LogP contribution in [0.4, 0.5) is 5.69 Å². The maximum atomic E-state index is 12.2. The number of hydrogen-bond donors (Lipinski definition) is 2. The van der Waals surface area contributed by atoms with Crippen LogP contribution in [0.5, 0.6) is 5.88 Å². The number of aryl methyl sites for hydroxylation is 1. The first-order valence-electron chi connectivity index (χ1n) is 9.15. The van der Waals surface area contributed by atoms with Gasteiger partial charge in [-0.2, -0.15) is 4.98 Å². The number of nitrogens with zero attached hydrogens (tertiary/aromatic N) is 4. The molecule has 9 heteroatoms. The van der Waals surface area contributed by atoms with E-state index in [-0.39, 0.29) is 5.91 Å². The number of carboxylic acid groups (broad SMARTS) is 1. The van der Waals surface area contributed by atoms with E-state index in [0.29, 0.717) is 25.6 Å². The topological polar surface area (TPSA) is 110 Å². The minimum Gasteiger partial charge on any atom is -0.481 e. The molecular weight excluding hydrogens is 374 g/mol. The van der Waals surface area contributed by atoms with Crippen LogP contribution in [-0.2, 0) is 23.2 Å². The first-order valence-corrected chi connectivity index (χ1v) is 9.15. The number of aliphatic carboxylic acids is 1. The molecule has 0 aromatic carbocycles. The van der Waals surface area contributed by atoms with Crippen LogP contribution in [0.25, 0.3) is 11.0 Å². The number of aromatic nitrogens is 3. The van der Waals surface area contributed by atoms with Gasteiger partial charge in [0, 0.05) is 50.9 Å². The number of ether oxygens (including phenoxy) is 1. The molecule has 3 aromatic rings. The van der Waals surface area contributed by atoms with Crippen molar-refractivity contribution in [2.75, 3.05) is 24.5 Å². The molecule has 1 aliphatic rings. The third kappa shape index (κ3) is 5.08. The molecular formula is C20H23N5O4. The van der Waals surface area contributed by atoms with Gasteiger partial charge in [-0.3, -0.25) is 14.6 Å². The van der Waals surface area contributed by atoms with Crippen LogP contribution < -0.4 is 15.0 Å². The van der Waals surface area contributed by atoms with Crippen LogP contribution in [-0.4, -0.2) is 51.2 Å². The smallest absolute Gasteiger partial charge is 0.300 e. The predicted octanol–water partition coefficient (Wildman–Crippen LogP) is 1.57. The Hall–Kier alpha value is -3.46. The zero-order chi connectivity index (χ0) is 20.8. The number of carbonyl (C=O) groups is 2. The van der Waals surface area contributed by atoms with Gasteiger partial charge in [0.1, 0.15) is 12.3 Å². The summed E-state index contributed by atoms with van der Waals surface area (Å²) in [5, 5.41) is 11.5. The Kier molecular flexibility index (Phi) is 6.40. The maximum Gasteiger partial charge on any atom is 0.300 e. The number of carbonyl (C=O) groups excluding carboxylic acids is 1. The summed E-state index contributed by atoms with van der Waals surface area (Å²) in [5.74, 6) is -0.216. The van der Waals surface area contributed by atoms with E-state index in [4.69, 9.17) is 14.6 Å². The van der Waals surface area contributed by atoms with Crippen molar-refractivity contribution in [3.05, 3.63) is 48.4 Å². The summed E-state index contributed by atoms with van der Waals surface area (Å²) in [4.78, 5) is 31.8. The van der Waals surface area contributed by atoms with Gasteiger partial charge in [0.2, 0.25) is 11.8 Å². The fourth-order valence-electron chi connectivity index (χ4n) is 3.00. The fraction of sp³-hybridized carbons (Fsp3) is 0.300. The van der Waals surface area contributed by atoms with Gasteiger partial charge in [0.25, 0.3) is 5.97 Å². The van der Waals surface area contributed by atoms with Crippen molar-refractivity contribution < 1.29 is 19.4 Å². The maximum absolute atomic E-state index is 12.2. The molecule has 152 valence electrons. The average molecular weight is 397 g/mol. The van der Waals surface area contributed by atoms with Crippen LogP contribution in [0.1, 0.15) is 12.6 Å². The van der Waals surface area contributed by atoms with Gasteiger partial charge >= 0.3 is 0 Å². The third-order valence-corrected chi connectivity index (χ3v) is 4.25.